The third kappa shape index (κ3) is 4.84. The maximum absolute atomic E-state index is 12.0. The van der Waals surface area contributed by atoms with E-state index in [1.54, 1.807) is 0 Å². The Morgan fingerprint density at radius 3 is 2.50 bits per heavy atom. The SMILES string of the molecule is CCCCCCCCC1CC(c2ccccc2)CC(=O)N1O. The molecule has 122 valence electrons. The first-order chi connectivity index (χ1) is 10.7. The molecule has 1 amide bonds. The lowest BCUT2D eigenvalue weighted by atomic mass is 9.84. The molecule has 0 radical (unpaired) electrons. The number of nitrogens with zero attached hydrogens (tertiary/aromatic N) is 1. The van der Waals surface area contributed by atoms with Gasteiger partial charge < -0.3 is 0 Å². The van der Waals surface area contributed by atoms with Crippen LogP contribution < -0.4 is 0 Å². The number of hydrogen-bond acceptors (Lipinski definition) is 2. The number of hydroxylamine groups is 2. The maximum Gasteiger partial charge on any atom is 0.246 e. The normalized spacial score (nSPS) is 22.1. The number of unbranched alkanes of at least 4 members (excludes halogenated alkanes) is 5. The van der Waals surface area contributed by atoms with Gasteiger partial charge in [-0.3, -0.25) is 10.0 Å². The van der Waals surface area contributed by atoms with Gasteiger partial charge in [-0.05, 0) is 24.3 Å². The summed E-state index contributed by atoms with van der Waals surface area (Å²) in [6, 6.07) is 10.2. The number of amides is 1. The van der Waals surface area contributed by atoms with Crippen molar-refractivity contribution in [3.63, 3.8) is 0 Å². The highest BCUT2D eigenvalue weighted by Crippen LogP contribution is 2.33. The van der Waals surface area contributed by atoms with Gasteiger partial charge in [0, 0.05) is 6.42 Å². The van der Waals surface area contributed by atoms with Crippen molar-refractivity contribution in [3.05, 3.63) is 35.9 Å². The highest BCUT2D eigenvalue weighted by Gasteiger charge is 2.33. The Kier molecular flexibility index (Phi) is 6.91. The fourth-order valence-electron chi connectivity index (χ4n) is 3.40. The van der Waals surface area contributed by atoms with E-state index >= 15 is 0 Å². The van der Waals surface area contributed by atoms with Gasteiger partial charge >= 0.3 is 0 Å². The van der Waals surface area contributed by atoms with Crippen LogP contribution in [0, 0.1) is 0 Å². The topological polar surface area (TPSA) is 40.5 Å². The Morgan fingerprint density at radius 2 is 1.77 bits per heavy atom. The molecule has 0 aromatic heterocycles. The standard InChI is InChI=1S/C19H29NO2/c1-2-3-4-5-6-10-13-18-14-17(15-19(21)20(18)22)16-11-8-7-9-12-16/h7-9,11-12,17-18,22H,2-6,10,13-15H2,1H3. The lowest BCUT2D eigenvalue weighted by Gasteiger charge is -2.35. The highest BCUT2D eigenvalue weighted by atomic mass is 16.5. The minimum Gasteiger partial charge on any atom is -0.286 e. The largest absolute Gasteiger partial charge is 0.286 e. The monoisotopic (exact) mass is 303 g/mol. The van der Waals surface area contributed by atoms with Gasteiger partial charge in [0.2, 0.25) is 5.91 Å². The van der Waals surface area contributed by atoms with Gasteiger partial charge in [-0.2, -0.15) is 0 Å². The lowest BCUT2D eigenvalue weighted by Crippen LogP contribution is -2.43. The van der Waals surface area contributed by atoms with Crippen LogP contribution in [0.5, 0.6) is 0 Å². The van der Waals surface area contributed by atoms with Crippen LogP contribution in [0.25, 0.3) is 0 Å². The van der Waals surface area contributed by atoms with Crippen LogP contribution in [0.1, 0.15) is 76.2 Å². The van der Waals surface area contributed by atoms with E-state index in [9.17, 15) is 10.0 Å². The minimum atomic E-state index is -0.129. The second-order valence-electron chi connectivity index (χ2n) is 6.50. The number of piperidine rings is 1. The predicted molar refractivity (Wildman–Crippen MR) is 88.8 cm³/mol. The first kappa shape index (κ1) is 17.0. The Bertz CT molecular complexity index is 446. The van der Waals surface area contributed by atoms with Gasteiger partial charge in [0.25, 0.3) is 0 Å². The molecule has 3 heteroatoms. The van der Waals surface area contributed by atoms with Gasteiger partial charge in [0.05, 0.1) is 6.04 Å². The fraction of sp³-hybridized carbons (Fsp3) is 0.632. The number of benzene rings is 1. The molecule has 1 N–H and O–H groups in total. The number of hydrogen-bond donors (Lipinski definition) is 1. The molecule has 2 rings (SSSR count). The van der Waals surface area contributed by atoms with Crippen LogP contribution in [0.2, 0.25) is 0 Å². The van der Waals surface area contributed by atoms with Crippen LogP contribution in [0.15, 0.2) is 30.3 Å². The Hall–Kier alpha value is -1.35. The minimum absolute atomic E-state index is 0.0161. The molecule has 2 atom stereocenters. The molecular formula is C19H29NO2. The van der Waals surface area contributed by atoms with E-state index in [0.29, 0.717) is 6.42 Å². The van der Waals surface area contributed by atoms with Crippen LogP contribution in [-0.2, 0) is 4.79 Å². The van der Waals surface area contributed by atoms with Crippen molar-refractivity contribution in [2.45, 2.75) is 76.7 Å². The molecule has 1 fully saturated rings. The van der Waals surface area contributed by atoms with Crippen molar-refractivity contribution in [2.24, 2.45) is 0 Å². The van der Waals surface area contributed by atoms with E-state index < -0.39 is 0 Å². The molecule has 1 aromatic carbocycles. The predicted octanol–water partition coefficient (Wildman–Crippen LogP) is 4.90. The summed E-state index contributed by atoms with van der Waals surface area (Å²) >= 11 is 0. The molecule has 0 spiro atoms. The zero-order valence-electron chi connectivity index (χ0n) is 13.7. The van der Waals surface area contributed by atoms with Crippen molar-refractivity contribution in [1.29, 1.82) is 0 Å². The number of carbonyl (C=O) groups excluding carboxylic acids is 1. The smallest absolute Gasteiger partial charge is 0.246 e. The molecule has 0 bridgehead atoms. The summed E-state index contributed by atoms with van der Waals surface area (Å²) in [5, 5.41) is 11.0. The van der Waals surface area contributed by atoms with Crippen molar-refractivity contribution in [2.75, 3.05) is 0 Å². The van der Waals surface area contributed by atoms with Crippen LogP contribution in [0.3, 0.4) is 0 Å². The molecule has 22 heavy (non-hydrogen) atoms. The summed E-state index contributed by atoms with van der Waals surface area (Å²) in [6.45, 7) is 2.22. The quantitative estimate of drug-likeness (QED) is 0.548. The molecule has 0 aliphatic carbocycles. The van der Waals surface area contributed by atoms with Crippen molar-refractivity contribution in [3.8, 4) is 0 Å². The van der Waals surface area contributed by atoms with E-state index in [1.807, 2.05) is 18.2 Å². The molecular weight excluding hydrogens is 274 g/mol. The lowest BCUT2D eigenvalue weighted by molar-refractivity contribution is -0.184. The molecule has 1 aliphatic heterocycles. The van der Waals surface area contributed by atoms with Gasteiger partial charge in [-0.25, -0.2) is 5.06 Å². The van der Waals surface area contributed by atoms with Gasteiger partial charge in [0.15, 0.2) is 0 Å². The Labute approximate surface area is 134 Å². The number of carbonyl (C=O) groups is 1. The molecule has 3 nitrogen and oxygen atoms in total. The van der Waals surface area contributed by atoms with Crippen molar-refractivity contribution >= 4 is 5.91 Å². The molecule has 2 unspecified atom stereocenters. The van der Waals surface area contributed by atoms with Crippen molar-refractivity contribution in [1.82, 2.24) is 5.06 Å². The van der Waals surface area contributed by atoms with E-state index in [2.05, 4.69) is 19.1 Å². The third-order valence-electron chi connectivity index (χ3n) is 4.74. The van der Waals surface area contributed by atoms with Crippen LogP contribution in [-0.4, -0.2) is 22.2 Å². The van der Waals surface area contributed by atoms with Gasteiger partial charge in [-0.15, -0.1) is 0 Å². The van der Waals surface area contributed by atoms with E-state index in [0.717, 1.165) is 24.3 Å². The maximum atomic E-state index is 12.0. The van der Waals surface area contributed by atoms with Crippen LogP contribution >= 0.6 is 0 Å². The van der Waals surface area contributed by atoms with Crippen molar-refractivity contribution < 1.29 is 10.0 Å². The molecule has 1 aliphatic rings. The Morgan fingerprint density at radius 1 is 1.09 bits per heavy atom. The molecule has 1 heterocycles. The van der Waals surface area contributed by atoms with Crippen LogP contribution in [0.4, 0.5) is 0 Å². The average Bonchev–Trinajstić information content (AvgIpc) is 2.55. The fourth-order valence-corrected chi connectivity index (χ4v) is 3.40. The summed E-state index contributed by atoms with van der Waals surface area (Å²) < 4.78 is 0. The second kappa shape index (κ2) is 8.94. The highest BCUT2D eigenvalue weighted by molar-refractivity contribution is 5.77. The zero-order chi connectivity index (χ0) is 15.8. The summed E-state index contributed by atoms with van der Waals surface area (Å²) in [6.07, 6.45) is 9.66. The van der Waals surface area contributed by atoms with E-state index in [1.165, 1.54) is 37.7 Å². The summed E-state index contributed by atoms with van der Waals surface area (Å²) in [4.78, 5) is 12.0. The molecule has 1 saturated heterocycles. The van der Waals surface area contributed by atoms with Gasteiger partial charge in [0.1, 0.15) is 0 Å². The van der Waals surface area contributed by atoms with Gasteiger partial charge in [-0.1, -0.05) is 75.8 Å². The molecule has 1 aromatic rings. The Balaban J connectivity index is 1.83. The third-order valence-corrected chi connectivity index (χ3v) is 4.74. The summed E-state index contributed by atoms with van der Waals surface area (Å²) in [7, 11) is 0. The second-order valence-corrected chi connectivity index (χ2v) is 6.50. The first-order valence-electron chi connectivity index (χ1n) is 8.78. The first-order valence-corrected chi connectivity index (χ1v) is 8.78. The average molecular weight is 303 g/mol. The van der Waals surface area contributed by atoms with E-state index in [4.69, 9.17) is 0 Å². The molecule has 0 saturated carbocycles. The summed E-state index contributed by atoms with van der Waals surface area (Å²) in [5.74, 6) is 0.123. The van der Waals surface area contributed by atoms with E-state index in [-0.39, 0.29) is 17.9 Å². The zero-order valence-corrected chi connectivity index (χ0v) is 13.7. The number of rotatable bonds is 8. The summed E-state index contributed by atoms with van der Waals surface area (Å²) in [5.41, 5.74) is 1.22.